The Balaban J connectivity index is 1.12. The molecule has 5 aliphatic rings. The molecule has 1 aliphatic heterocycles. The molecule has 0 saturated heterocycles. The van der Waals surface area contributed by atoms with Crippen molar-refractivity contribution in [3.63, 3.8) is 0 Å². The van der Waals surface area contributed by atoms with Crippen molar-refractivity contribution >= 4 is 17.7 Å². The molecule has 4 bridgehead atoms. The van der Waals surface area contributed by atoms with E-state index in [9.17, 15) is 4.79 Å². The van der Waals surface area contributed by atoms with Gasteiger partial charge in [-0.1, -0.05) is 32.0 Å². The number of aromatic nitrogens is 2. The predicted octanol–water partition coefficient (Wildman–Crippen LogP) is 5.19. The van der Waals surface area contributed by atoms with Gasteiger partial charge in [0, 0.05) is 35.4 Å². The summed E-state index contributed by atoms with van der Waals surface area (Å²) in [5.41, 5.74) is 4.74. The van der Waals surface area contributed by atoms with E-state index in [-0.39, 0.29) is 11.5 Å². The first kappa shape index (κ1) is 20.8. The lowest BCUT2D eigenvalue weighted by Crippen LogP contribution is -2.59. The molecule has 2 unspecified atom stereocenters. The smallest absolute Gasteiger partial charge is 0.272 e. The van der Waals surface area contributed by atoms with Crippen LogP contribution in [0.5, 0.6) is 0 Å². The molecule has 2 aromatic rings. The summed E-state index contributed by atoms with van der Waals surface area (Å²) in [4.78, 5) is 14.3. The summed E-state index contributed by atoms with van der Waals surface area (Å²) in [5.74, 6) is 1.51. The number of hydrogen-bond acceptors (Lipinski definition) is 4. The van der Waals surface area contributed by atoms with Crippen molar-refractivity contribution < 1.29 is 9.53 Å². The number of benzene rings is 1. The molecule has 4 saturated carbocycles. The van der Waals surface area contributed by atoms with Crippen LogP contribution in [0.4, 0.5) is 0 Å². The molecule has 2 heterocycles. The SMILES string of the molecule is Cn1nc(C(=O)NCCOC23CC4CC(C)(CC(C)(C4)C2)C3)c2c1-c1ccccc1SC2. The highest BCUT2D eigenvalue weighted by Crippen LogP contribution is 2.67. The normalized spacial score (nSPS) is 34.3. The number of rotatable bonds is 5. The Kier molecular flexibility index (Phi) is 4.61. The first-order chi connectivity index (χ1) is 15.3. The van der Waals surface area contributed by atoms with Gasteiger partial charge in [0.2, 0.25) is 0 Å². The van der Waals surface area contributed by atoms with Crippen molar-refractivity contribution in [2.75, 3.05) is 13.2 Å². The van der Waals surface area contributed by atoms with Crippen molar-refractivity contribution in [3.05, 3.63) is 35.5 Å². The summed E-state index contributed by atoms with van der Waals surface area (Å²) in [7, 11) is 1.93. The molecule has 2 atom stereocenters. The Morgan fingerprint density at radius 2 is 1.94 bits per heavy atom. The third-order valence-corrected chi connectivity index (χ3v) is 9.35. The van der Waals surface area contributed by atoms with Gasteiger partial charge in [-0.25, -0.2) is 0 Å². The van der Waals surface area contributed by atoms with Crippen LogP contribution >= 0.6 is 11.8 Å². The Morgan fingerprint density at radius 3 is 2.69 bits per heavy atom. The van der Waals surface area contributed by atoms with Crippen molar-refractivity contribution in [2.45, 2.75) is 68.6 Å². The number of nitrogens with one attached hydrogen (secondary N) is 1. The van der Waals surface area contributed by atoms with E-state index in [1.54, 1.807) is 11.8 Å². The number of amides is 1. The Bertz CT molecular complexity index is 1070. The quantitative estimate of drug-likeness (QED) is 0.636. The first-order valence-corrected chi connectivity index (χ1v) is 13.0. The molecule has 0 spiro atoms. The minimum atomic E-state index is -0.0881. The summed E-state index contributed by atoms with van der Waals surface area (Å²) in [6, 6.07) is 8.36. The lowest BCUT2D eigenvalue weighted by atomic mass is 9.43. The van der Waals surface area contributed by atoms with Crippen LogP contribution in [0, 0.1) is 16.7 Å². The van der Waals surface area contributed by atoms with Gasteiger partial charge >= 0.3 is 0 Å². The molecule has 32 heavy (non-hydrogen) atoms. The Hall–Kier alpha value is -1.79. The standard InChI is InChI=1S/C26H33N3O2S/c1-24-10-17-11-25(2,14-24)16-26(12-17,15-24)31-9-8-27-23(30)21-19-13-32-20-7-5-4-6-18(20)22(19)29(3)28-21/h4-7,17H,8-16H2,1-3H3,(H,27,30). The number of ether oxygens (including phenoxy) is 1. The van der Waals surface area contributed by atoms with Crippen LogP contribution < -0.4 is 5.32 Å². The fourth-order valence-electron chi connectivity index (χ4n) is 8.18. The lowest BCUT2D eigenvalue weighted by molar-refractivity contribution is -0.213. The average molecular weight is 452 g/mol. The van der Waals surface area contributed by atoms with Crippen molar-refractivity contribution in [2.24, 2.45) is 23.8 Å². The highest BCUT2D eigenvalue weighted by molar-refractivity contribution is 7.98. The van der Waals surface area contributed by atoms with E-state index >= 15 is 0 Å². The molecule has 1 N–H and O–H groups in total. The van der Waals surface area contributed by atoms with Gasteiger partial charge < -0.3 is 10.1 Å². The van der Waals surface area contributed by atoms with Crippen LogP contribution in [-0.4, -0.2) is 34.4 Å². The summed E-state index contributed by atoms with van der Waals surface area (Å²) in [5, 5.41) is 7.68. The third kappa shape index (κ3) is 3.33. The molecule has 6 heteroatoms. The van der Waals surface area contributed by atoms with E-state index < -0.39 is 0 Å². The van der Waals surface area contributed by atoms with Crippen molar-refractivity contribution in [3.8, 4) is 11.3 Å². The van der Waals surface area contributed by atoms with E-state index in [1.807, 2.05) is 17.8 Å². The van der Waals surface area contributed by atoms with Crippen LogP contribution in [0.15, 0.2) is 29.2 Å². The third-order valence-electron chi connectivity index (χ3n) is 8.25. The van der Waals surface area contributed by atoms with Gasteiger partial charge in [-0.3, -0.25) is 9.48 Å². The maximum atomic E-state index is 13.0. The molecular weight excluding hydrogens is 418 g/mol. The van der Waals surface area contributed by atoms with Gasteiger partial charge in [-0.2, -0.15) is 5.10 Å². The van der Waals surface area contributed by atoms with Crippen LogP contribution in [0.25, 0.3) is 11.3 Å². The molecule has 1 amide bonds. The van der Waals surface area contributed by atoms with Crippen LogP contribution in [0.3, 0.4) is 0 Å². The molecule has 4 aliphatic carbocycles. The molecule has 4 fully saturated rings. The van der Waals surface area contributed by atoms with E-state index in [2.05, 4.69) is 42.5 Å². The predicted molar refractivity (Wildman–Crippen MR) is 127 cm³/mol. The lowest BCUT2D eigenvalue weighted by Gasteiger charge is -2.65. The second kappa shape index (κ2) is 7.10. The molecule has 5 nitrogen and oxygen atoms in total. The number of aryl methyl sites for hydroxylation is 1. The fraction of sp³-hybridized carbons (Fsp3) is 0.615. The largest absolute Gasteiger partial charge is 0.373 e. The number of thioether (sulfide) groups is 1. The zero-order valence-electron chi connectivity index (χ0n) is 19.4. The minimum Gasteiger partial charge on any atom is -0.373 e. The zero-order chi connectivity index (χ0) is 22.1. The van der Waals surface area contributed by atoms with E-state index in [0.717, 1.165) is 22.9 Å². The summed E-state index contributed by atoms with van der Waals surface area (Å²) in [6.45, 7) is 6.05. The fourth-order valence-corrected chi connectivity index (χ4v) is 9.25. The first-order valence-electron chi connectivity index (χ1n) is 12.0. The number of carbonyl (C=O) groups is 1. The monoisotopic (exact) mass is 451 g/mol. The Labute approximate surface area is 194 Å². The maximum Gasteiger partial charge on any atom is 0.272 e. The number of hydrogen-bond donors (Lipinski definition) is 1. The Morgan fingerprint density at radius 1 is 1.19 bits per heavy atom. The second-order valence-electron chi connectivity index (χ2n) is 11.5. The minimum absolute atomic E-state index is 0.0259. The second-order valence-corrected chi connectivity index (χ2v) is 12.5. The van der Waals surface area contributed by atoms with E-state index in [1.165, 1.54) is 49.0 Å². The van der Waals surface area contributed by atoms with Gasteiger partial charge in [-0.05, 0) is 61.3 Å². The summed E-state index contributed by atoms with van der Waals surface area (Å²) >= 11 is 1.78. The zero-order valence-corrected chi connectivity index (χ0v) is 20.2. The van der Waals surface area contributed by atoms with Gasteiger partial charge in [0.05, 0.1) is 17.9 Å². The number of carbonyl (C=O) groups excluding carboxylic acids is 1. The van der Waals surface area contributed by atoms with Crippen LogP contribution in [0.1, 0.15) is 68.4 Å². The van der Waals surface area contributed by atoms with Crippen molar-refractivity contribution in [1.29, 1.82) is 0 Å². The van der Waals surface area contributed by atoms with Crippen LogP contribution in [-0.2, 0) is 17.5 Å². The van der Waals surface area contributed by atoms with Gasteiger partial charge in [0.15, 0.2) is 5.69 Å². The van der Waals surface area contributed by atoms with E-state index in [0.29, 0.717) is 29.7 Å². The highest BCUT2D eigenvalue weighted by Gasteiger charge is 2.60. The highest BCUT2D eigenvalue weighted by atomic mass is 32.2. The molecule has 1 aromatic heterocycles. The number of fused-ring (bicyclic) bond motifs is 3. The van der Waals surface area contributed by atoms with Crippen LogP contribution in [0.2, 0.25) is 0 Å². The van der Waals surface area contributed by atoms with Gasteiger partial charge in [0.25, 0.3) is 5.91 Å². The van der Waals surface area contributed by atoms with E-state index in [4.69, 9.17) is 4.74 Å². The molecule has 1 aromatic carbocycles. The van der Waals surface area contributed by atoms with Gasteiger partial charge in [0.1, 0.15) is 0 Å². The maximum absolute atomic E-state index is 13.0. The molecular formula is C26H33N3O2S. The summed E-state index contributed by atoms with van der Waals surface area (Å²) < 4.78 is 8.44. The van der Waals surface area contributed by atoms with Crippen molar-refractivity contribution in [1.82, 2.24) is 15.1 Å². The topological polar surface area (TPSA) is 56.2 Å². The number of nitrogens with zero attached hydrogens (tertiary/aromatic N) is 2. The molecule has 0 radical (unpaired) electrons. The summed E-state index contributed by atoms with van der Waals surface area (Å²) in [6.07, 6.45) is 7.67. The average Bonchev–Trinajstić information content (AvgIpc) is 3.05. The van der Waals surface area contributed by atoms with Gasteiger partial charge in [-0.15, -0.1) is 11.8 Å². The molecule has 7 rings (SSSR count). The molecule has 170 valence electrons.